The molecule has 0 saturated carbocycles. The Kier molecular flexibility index (Phi) is 2.88. The number of fused-ring (bicyclic) bond motifs is 1. The Morgan fingerprint density at radius 1 is 0.842 bits per heavy atom. The Hall–Kier alpha value is -2.42. The van der Waals surface area contributed by atoms with E-state index in [0.29, 0.717) is 5.75 Å². The lowest BCUT2D eigenvalue weighted by Gasteiger charge is -2.04. The Balaban J connectivity index is 2.32. The Bertz CT molecular complexity index is 699. The molecule has 0 aliphatic carbocycles. The van der Waals surface area contributed by atoms with E-state index in [4.69, 9.17) is 13.9 Å². The standard InChI is InChI=1S/C16H14O3/c1-17-12-9-6-10-13-14(12)16(18-2)15(19-13)11-7-4-3-5-8-11/h3-10H,1-2H3. The quantitative estimate of drug-likeness (QED) is 0.704. The third-order valence-electron chi connectivity index (χ3n) is 3.09. The number of hydrogen-bond acceptors (Lipinski definition) is 3. The van der Waals surface area contributed by atoms with E-state index < -0.39 is 0 Å². The van der Waals surface area contributed by atoms with Crippen molar-refractivity contribution in [3.05, 3.63) is 48.5 Å². The summed E-state index contributed by atoms with van der Waals surface area (Å²) in [5, 5.41) is 0.867. The molecular weight excluding hydrogens is 240 g/mol. The fraction of sp³-hybridized carbons (Fsp3) is 0.125. The molecule has 0 aliphatic rings. The van der Waals surface area contributed by atoms with Crippen LogP contribution >= 0.6 is 0 Å². The van der Waals surface area contributed by atoms with E-state index in [9.17, 15) is 0 Å². The number of furan rings is 1. The molecule has 1 aromatic heterocycles. The van der Waals surface area contributed by atoms with Crippen LogP contribution in [0.1, 0.15) is 0 Å². The maximum atomic E-state index is 5.91. The minimum atomic E-state index is 0.707. The molecule has 0 amide bonds. The lowest BCUT2D eigenvalue weighted by atomic mass is 10.1. The first-order valence-electron chi connectivity index (χ1n) is 6.04. The molecule has 3 aromatic rings. The number of methoxy groups -OCH3 is 2. The Morgan fingerprint density at radius 2 is 1.63 bits per heavy atom. The molecule has 0 radical (unpaired) electrons. The van der Waals surface area contributed by atoms with Crippen molar-refractivity contribution in [3.8, 4) is 22.8 Å². The van der Waals surface area contributed by atoms with Gasteiger partial charge in [-0.1, -0.05) is 36.4 Å². The molecule has 0 unspecified atom stereocenters. The molecule has 0 aliphatic heterocycles. The molecule has 3 nitrogen and oxygen atoms in total. The van der Waals surface area contributed by atoms with Gasteiger partial charge < -0.3 is 13.9 Å². The predicted octanol–water partition coefficient (Wildman–Crippen LogP) is 4.12. The summed E-state index contributed by atoms with van der Waals surface area (Å²) in [5.74, 6) is 2.18. The molecule has 0 fully saturated rings. The monoisotopic (exact) mass is 254 g/mol. The van der Waals surface area contributed by atoms with E-state index in [1.54, 1.807) is 14.2 Å². The van der Waals surface area contributed by atoms with Crippen LogP contribution in [0.15, 0.2) is 52.9 Å². The molecule has 0 spiro atoms. The van der Waals surface area contributed by atoms with E-state index >= 15 is 0 Å². The Labute approximate surface area is 111 Å². The zero-order chi connectivity index (χ0) is 13.2. The topological polar surface area (TPSA) is 31.6 Å². The first-order chi connectivity index (χ1) is 9.35. The molecule has 0 bridgehead atoms. The first-order valence-corrected chi connectivity index (χ1v) is 6.04. The van der Waals surface area contributed by atoms with E-state index in [1.165, 1.54) is 0 Å². The van der Waals surface area contributed by atoms with E-state index in [1.807, 2.05) is 48.5 Å². The highest BCUT2D eigenvalue weighted by atomic mass is 16.5. The summed E-state index contributed by atoms with van der Waals surface area (Å²) in [6.07, 6.45) is 0. The van der Waals surface area contributed by atoms with E-state index in [-0.39, 0.29) is 0 Å². The third-order valence-corrected chi connectivity index (χ3v) is 3.09. The molecular formula is C16H14O3. The predicted molar refractivity (Wildman–Crippen MR) is 74.8 cm³/mol. The van der Waals surface area contributed by atoms with Crippen molar-refractivity contribution < 1.29 is 13.9 Å². The average molecular weight is 254 g/mol. The number of rotatable bonds is 3. The van der Waals surface area contributed by atoms with Crippen LogP contribution in [-0.4, -0.2) is 14.2 Å². The normalized spacial score (nSPS) is 10.6. The van der Waals surface area contributed by atoms with Crippen LogP contribution in [0.3, 0.4) is 0 Å². The van der Waals surface area contributed by atoms with Gasteiger partial charge in [-0.15, -0.1) is 0 Å². The zero-order valence-corrected chi connectivity index (χ0v) is 10.8. The highest BCUT2D eigenvalue weighted by Crippen LogP contribution is 2.43. The van der Waals surface area contributed by atoms with Crippen LogP contribution in [0.2, 0.25) is 0 Å². The second kappa shape index (κ2) is 4.69. The van der Waals surface area contributed by atoms with Gasteiger partial charge in [0, 0.05) is 5.56 Å². The average Bonchev–Trinajstić information content (AvgIpc) is 2.86. The zero-order valence-electron chi connectivity index (χ0n) is 10.8. The summed E-state index contributed by atoms with van der Waals surface area (Å²) in [4.78, 5) is 0. The van der Waals surface area contributed by atoms with Gasteiger partial charge in [-0.3, -0.25) is 0 Å². The third kappa shape index (κ3) is 1.83. The molecule has 3 rings (SSSR count). The second-order valence-corrected chi connectivity index (χ2v) is 4.16. The van der Waals surface area contributed by atoms with E-state index in [0.717, 1.165) is 28.0 Å². The van der Waals surface area contributed by atoms with Crippen molar-refractivity contribution in [3.63, 3.8) is 0 Å². The Morgan fingerprint density at radius 3 is 2.32 bits per heavy atom. The first kappa shape index (κ1) is 11.7. The maximum Gasteiger partial charge on any atom is 0.177 e. The van der Waals surface area contributed by atoms with Crippen molar-refractivity contribution >= 4 is 11.0 Å². The summed E-state index contributed by atoms with van der Waals surface area (Å²) < 4.78 is 16.8. The summed E-state index contributed by atoms with van der Waals surface area (Å²) >= 11 is 0. The van der Waals surface area contributed by atoms with Crippen LogP contribution in [0, 0.1) is 0 Å². The SMILES string of the molecule is COc1cccc2oc(-c3ccccc3)c(OC)c12. The van der Waals surface area contributed by atoms with Gasteiger partial charge in [0.25, 0.3) is 0 Å². The van der Waals surface area contributed by atoms with Gasteiger partial charge in [0.1, 0.15) is 16.7 Å². The molecule has 0 atom stereocenters. The van der Waals surface area contributed by atoms with Crippen molar-refractivity contribution in [2.75, 3.05) is 14.2 Å². The minimum absolute atomic E-state index is 0.707. The molecule has 3 heteroatoms. The van der Waals surface area contributed by atoms with Crippen LogP contribution < -0.4 is 9.47 Å². The van der Waals surface area contributed by atoms with Gasteiger partial charge in [-0.25, -0.2) is 0 Å². The van der Waals surface area contributed by atoms with Crippen LogP contribution in [-0.2, 0) is 0 Å². The van der Waals surface area contributed by atoms with Gasteiger partial charge in [0.2, 0.25) is 0 Å². The van der Waals surface area contributed by atoms with Crippen LogP contribution in [0.25, 0.3) is 22.3 Å². The summed E-state index contributed by atoms with van der Waals surface area (Å²) in [6.45, 7) is 0. The number of benzene rings is 2. The van der Waals surface area contributed by atoms with Crippen molar-refractivity contribution in [2.24, 2.45) is 0 Å². The van der Waals surface area contributed by atoms with Gasteiger partial charge >= 0.3 is 0 Å². The molecule has 96 valence electrons. The molecule has 19 heavy (non-hydrogen) atoms. The molecule has 0 N–H and O–H groups in total. The minimum Gasteiger partial charge on any atom is -0.496 e. The highest BCUT2D eigenvalue weighted by molar-refractivity contribution is 5.96. The highest BCUT2D eigenvalue weighted by Gasteiger charge is 2.19. The largest absolute Gasteiger partial charge is 0.496 e. The van der Waals surface area contributed by atoms with E-state index in [2.05, 4.69) is 0 Å². The number of hydrogen-bond donors (Lipinski definition) is 0. The number of ether oxygens (including phenoxy) is 2. The smallest absolute Gasteiger partial charge is 0.177 e. The van der Waals surface area contributed by atoms with Crippen molar-refractivity contribution in [1.29, 1.82) is 0 Å². The molecule has 1 heterocycles. The lowest BCUT2D eigenvalue weighted by Crippen LogP contribution is -1.87. The summed E-state index contributed by atoms with van der Waals surface area (Å²) in [6, 6.07) is 15.6. The van der Waals surface area contributed by atoms with Crippen molar-refractivity contribution in [1.82, 2.24) is 0 Å². The maximum absolute atomic E-state index is 5.91. The molecule has 2 aromatic carbocycles. The molecule has 0 saturated heterocycles. The lowest BCUT2D eigenvalue weighted by molar-refractivity contribution is 0.404. The second-order valence-electron chi connectivity index (χ2n) is 4.16. The van der Waals surface area contributed by atoms with Gasteiger partial charge in [-0.2, -0.15) is 0 Å². The van der Waals surface area contributed by atoms with Gasteiger partial charge in [0.15, 0.2) is 11.5 Å². The summed E-state index contributed by atoms with van der Waals surface area (Å²) in [7, 11) is 3.28. The summed E-state index contributed by atoms with van der Waals surface area (Å²) in [5.41, 5.74) is 1.74. The fourth-order valence-corrected chi connectivity index (χ4v) is 2.23. The fourth-order valence-electron chi connectivity index (χ4n) is 2.23. The van der Waals surface area contributed by atoms with Gasteiger partial charge in [0.05, 0.1) is 14.2 Å². The van der Waals surface area contributed by atoms with Crippen molar-refractivity contribution in [2.45, 2.75) is 0 Å². The van der Waals surface area contributed by atoms with Crippen LogP contribution in [0.5, 0.6) is 11.5 Å². The van der Waals surface area contributed by atoms with Gasteiger partial charge in [-0.05, 0) is 12.1 Å². The van der Waals surface area contributed by atoms with Crippen LogP contribution in [0.4, 0.5) is 0 Å².